The Morgan fingerprint density at radius 1 is 1.05 bits per heavy atom. The fourth-order valence-corrected chi connectivity index (χ4v) is 1.98. The molecular formula is C15H22N2O3. The molecule has 0 aliphatic carbocycles. The summed E-state index contributed by atoms with van der Waals surface area (Å²) in [6, 6.07) is 5.97. The average molecular weight is 278 g/mol. The van der Waals surface area contributed by atoms with E-state index in [4.69, 9.17) is 19.5 Å². The minimum absolute atomic E-state index is 0.610. The maximum atomic E-state index is 8.46. The molecule has 0 atom stereocenters. The number of nitriles is 1. The zero-order chi connectivity index (χ0) is 14.8. The lowest BCUT2D eigenvalue weighted by Crippen LogP contribution is -2.15. The van der Waals surface area contributed by atoms with Crippen LogP contribution < -0.4 is 19.5 Å². The molecule has 0 bridgehead atoms. The number of nitrogens with one attached hydrogen (secondary N) is 1. The first-order chi connectivity index (χ1) is 9.78. The van der Waals surface area contributed by atoms with Crippen molar-refractivity contribution in [2.45, 2.75) is 25.8 Å². The van der Waals surface area contributed by atoms with Gasteiger partial charge in [-0.3, -0.25) is 0 Å². The number of unbranched alkanes of at least 4 members (excludes halogenated alkanes) is 2. The van der Waals surface area contributed by atoms with Crippen molar-refractivity contribution in [1.29, 1.82) is 5.26 Å². The number of hydrogen-bond acceptors (Lipinski definition) is 5. The highest BCUT2D eigenvalue weighted by Gasteiger charge is 2.15. The van der Waals surface area contributed by atoms with E-state index in [1.165, 1.54) is 0 Å². The van der Waals surface area contributed by atoms with E-state index in [0.717, 1.165) is 24.9 Å². The summed E-state index contributed by atoms with van der Waals surface area (Å²) in [5.74, 6) is 1.96. The summed E-state index contributed by atoms with van der Waals surface area (Å²) in [6.45, 7) is 1.56. The first-order valence-electron chi connectivity index (χ1n) is 6.64. The largest absolute Gasteiger partial charge is 0.493 e. The van der Waals surface area contributed by atoms with Crippen LogP contribution in [0.5, 0.6) is 17.2 Å². The minimum Gasteiger partial charge on any atom is -0.493 e. The third-order valence-corrected chi connectivity index (χ3v) is 2.99. The Morgan fingerprint density at radius 3 is 2.40 bits per heavy atom. The molecule has 20 heavy (non-hydrogen) atoms. The predicted molar refractivity (Wildman–Crippen MR) is 77.3 cm³/mol. The van der Waals surface area contributed by atoms with Crippen LogP contribution in [-0.2, 0) is 6.54 Å². The van der Waals surface area contributed by atoms with E-state index < -0.39 is 0 Å². The molecule has 1 aromatic rings. The highest BCUT2D eigenvalue weighted by molar-refractivity contribution is 5.55. The third kappa shape index (κ3) is 4.32. The average Bonchev–Trinajstić information content (AvgIpc) is 2.49. The molecule has 0 unspecified atom stereocenters. The molecule has 0 amide bonds. The van der Waals surface area contributed by atoms with Crippen molar-refractivity contribution in [3.05, 3.63) is 17.7 Å². The van der Waals surface area contributed by atoms with Crippen LogP contribution in [0, 0.1) is 11.3 Å². The smallest absolute Gasteiger partial charge is 0.203 e. The number of methoxy groups -OCH3 is 3. The fourth-order valence-electron chi connectivity index (χ4n) is 1.98. The van der Waals surface area contributed by atoms with Crippen LogP contribution in [0.1, 0.15) is 24.8 Å². The zero-order valence-corrected chi connectivity index (χ0v) is 12.4. The van der Waals surface area contributed by atoms with E-state index in [2.05, 4.69) is 11.4 Å². The van der Waals surface area contributed by atoms with Crippen molar-refractivity contribution < 1.29 is 14.2 Å². The van der Waals surface area contributed by atoms with Crippen LogP contribution >= 0.6 is 0 Å². The fraction of sp³-hybridized carbons (Fsp3) is 0.533. The number of hydrogen-bond donors (Lipinski definition) is 1. The van der Waals surface area contributed by atoms with Gasteiger partial charge in [-0.15, -0.1) is 0 Å². The van der Waals surface area contributed by atoms with Gasteiger partial charge in [0, 0.05) is 18.5 Å². The van der Waals surface area contributed by atoms with E-state index in [0.29, 0.717) is 30.2 Å². The first-order valence-corrected chi connectivity index (χ1v) is 6.64. The summed E-state index contributed by atoms with van der Waals surface area (Å²) < 4.78 is 16.0. The summed E-state index contributed by atoms with van der Waals surface area (Å²) in [5, 5.41) is 11.8. The molecule has 0 spiro atoms. The molecule has 1 aromatic carbocycles. The Hall–Kier alpha value is -1.93. The van der Waals surface area contributed by atoms with Gasteiger partial charge in [0.05, 0.1) is 27.4 Å². The lowest BCUT2D eigenvalue weighted by atomic mass is 10.1. The van der Waals surface area contributed by atoms with Crippen LogP contribution in [0.2, 0.25) is 0 Å². The predicted octanol–water partition coefficient (Wildman–Crippen LogP) is 2.50. The number of ether oxygens (including phenoxy) is 3. The van der Waals surface area contributed by atoms with Crippen LogP contribution in [-0.4, -0.2) is 27.9 Å². The Bertz CT molecular complexity index is 455. The van der Waals surface area contributed by atoms with Crippen molar-refractivity contribution in [3.63, 3.8) is 0 Å². The topological polar surface area (TPSA) is 63.5 Å². The quantitative estimate of drug-likeness (QED) is 0.703. The van der Waals surface area contributed by atoms with E-state index in [1.807, 2.05) is 12.1 Å². The lowest BCUT2D eigenvalue weighted by molar-refractivity contribution is 0.321. The van der Waals surface area contributed by atoms with Crippen LogP contribution in [0.25, 0.3) is 0 Å². The summed E-state index contributed by atoms with van der Waals surface area (Å²) >= 11 is 0. The van der Waals surface area contributed by atoms with Crippen LogP contribution in [0.15, 0.2) is 12.1 Å². The van der Waals surface area contributed by atoms with Gasteiger partial charge in [-0.2, -0.15) is 5.26 Å². The van der Waals surface area contributed by atoms with Crippen molar-refractivity contribution in [2.24, 2.45) is 0 Å². The number of rotatable bonds is 9. The summed E-state index contributed by atoms with van der Waals surface area (Å²) in [6.07, 6.45) is 2.52. The van der Waals surface area contributed by atoms with E-state index in [-0.39, 0.29) is 0 Å². The maximum absolute atomic E-state index is 8.46. The second-order valence-electron chi connectivity index (χ2n) is 4.29. The molecule has 110 valence electrons. The van der Waals surface area contributed by atoms with Gasteiger partial charge in [-0.25, -0.2) is 0 Å². The molecule has 0 aliphatic rings. The summed E-state index contributed by atoms with van der Waals surface area (Å²) in [5.41, 5.74) is 1.02. The van der Waals surface area contributed by atoms with Crippen molar-refractivity contribution >= 4 is 0 Å². The highest BCUT2D eigenvalue weighted by Crippen LogP contribution is 2.39. The number of benzene rings is 1. The molecule has 0 heterocycles. The monoisotopic (exact) mass is 278 g/mol. The minimum atomic E-state index is 0.610. The van der Waals surface area contributed by atoms with Gasteiger partial charge < -0.3 is 19.5 Å². The molecule has 1 rings (SSSR count). The molecule has 0 aromatic heterocycles. The number of nitrogens with zero attached hydrogens (tertiary/aromatic N) is 1. The van der Waals surface area contributed by atoms with Crippen LogP contribution in [0.3, 0.4) is 0 Å². The van der Waals surface area contributed by atoms with E-state index >= 15 is 0 Å². The van der Waals surface area contributed by atoms with Crippen molar-refractivity contribution in [1.82, 2.24) is 5.32 Å². The molecule has 0 saturated carbocycles. The second kappa shape index (κ2) is 9.05. The Balaban J connectivity index is 2.64. The standard InChI is InChI=1S/C15H22N2O3/c1-18-13-8-7-12(14(19-2)15(13)20-3)11-17-10-6-4-5-9-16/h7-8,17H,4-6,10-11H2,1-3H3. The molecule has 0 radical (unpaired) electrons. The highest BCUT2D eigenvalue weighted by atomic mass is 16.5. The second-order valence-corrected chi connectivity index (χ2v) is 4.29. The van der Waals surface area contributed by atoms with Crippen molar-refractivity contribution in [2.75, 3.05) is 27.9 Å². The summed E-state index contributed by atoms with van der Waals surface area (Å²) in [7, 11) is 4.82. The van der Waals surface area contributed by atoms with E-state index in [1.54, 1.807) is 21.3 Å². The molecule has 0 fully saturated rings. The van der Waals surface area contributed by atoms with Gasteiger partial charge in [0.2, 0.25) is 5.75 Å². The molecule has 5 nitrogen and oxygen atoms in total. The van der Waals surface area contributed by atoms with Gasteiger partial charge in [0.1, 0.15) is 0 Å². The van der Waals surface area contributed by atoms with Crippen LogP contribution in [0.4, 0.5) is 0 Å². The first kappa shape index (κ1) is 16.1. The normalized spacial score (nSPS) is 9.90. The van der Waals surface area contributed by atoms with E-state index in [9.17, 15) is 0 Å². The van der Waals surface area contributed by atoms with Gasteiger partial charge in [0.15, 0.2) is 11.5 Å². The lowest BCUT2D eigenvalue weighted by Gasteiger charge is -2.16. The Labute approximate surface area is 120 Å². The third-order valence-electron chi connectivity index (χ3n) is 2.99. The molecular weight excluding hydrogens is 256 g/mol. The van der Waals surface area contributed by atoms with Crippen molar-refractivity contribution in [3.8, 4) is 23.3 Å². The maximum Gasteiger partial charge on any atom is 0.203 e. The SMILES string of the molecule is COc1ccc(CNCCCCC#N)c(OC)c1OC. The Morgan fingerprint density at radius 2 is 1.80 bits per heavy atom. The zero-order valence-electron chi connectivity index (χ0n) is 12.4. The van der Waals surface area contributed by atoms with Gasteiger partial charge >= 0.3 is 0 Å². The molecule has 0 aliphatic heterocycles. The molecule has 5 heteroatoms. The van der Waals surface area contributed by atoms with Gasteiger partial charge in [0.25, 0.3) is 0 Å². The van der Waals surface area contributed by atoms with Gasteiger partial charge in [-0.1, -0.05) is 6.07 Å². The Kier molecular flexibility index (Phi) is 7.30. The summed E-state index contributed by atoms with van der Waals surface area (Å²) in [4.78, 5) is 0. The van der Waals surface area contributed by atoms with Gasteiger partial charge in [-0.05, 0) is 25.5 Å². The molecule has 0 saturated heterocycles. The molecule has 1 N–H and O–H groups in total.